The summed E-state index contributed by atoms with van der Waals surface area (Å²) < 4.78 is 10.9. The molecule has 0 atom stereocenters. The molecule has 1 aromatic heterocycles. The van der Waals surface area contributed by atoms with E-state index in [-0.39, 0.29) is 18.7 Å². The number of benzene rings is 2. The molecule has 5 nitrogen and oxygen atoms in total. The van der Waals surface area contributed by atoms with Gasteiger partial charge in [-0.15, -0.1) is 0 Å². The van der Waals surface area contributed by atoms with Crippen LogP contribution in [0.15, 0.2) is 70.9 Å². The van der Waals surface area contributed by atoms with Crippen LogP contribution in [0.4, 0.5) is 0 Å². The van der Waals surface area contributed by atoms with Crippen LogP contribution >= 0.6 is 23.2 Å². The third-order valence-corrected chi connectivity index (χ3v) is 4.64. The number of hydrogen-bond donors (Lipinski definition) is 1. The molecule has 0 unspecified atom stereocenters. The molecule has 3 aromatic rings. The molecule has 0 aliphatic carbocycles. The molecule has 0 fully saturated rings. The highest BCUT2D eigenvalue weighted by molar-refractivity contribution is 6.32. The number of carbonyl (C=O) groups excluding carboxylic acids is 1. The van der Waals surface area contributed by atoms with Crippen molar-refractivity contribution < 1.29 is 13.9 Å². The molecule has 1 heterocycles. The lowest BCUT2D eigenvalue weighted by Crippen LogP contribution is -2.23. The van der Waals surface area contributed by atoms with Crippen LogP contribution in [0.5, 0.6) is 5.75 Å². The van der Waals surface area contributed by atoms with Crippen LogP contribution < -0.4 is 10.1 Å². The number of halogens is 2. The second-order valence-electron chi connectivity index (χ2n) is 6.00. The molecule has 3 rings (SSSR count). The van der Waals surface area contributed by atoms with Crippen LogP contribution in [-0.4, -0.2) is 5.91 Å². The van der Waals surface area contributed by atoms with Crippen molar-refractivity contribution in [3.63, 3.8) is 0 Å². The van der Waals surface area contributed by atoms with Crippen molar-refractivity contribution >= 4 is 35.2 Å². The van der Waals surface area contributed by atoms with E-state index in [2.05, 4.69) is 5.32 Å². The topological polar surface area (TPSA) is 75.3 Å². The second-order valence-corrected chi connectivity index (χ2v) is 6.82. The number of nitrogens with zero attached hydrogens (tertiary/aromatic N) is 1. The van der Waals surface area contributed by atoms with Crippen molar-refractivity contribution in [1.82, 2.24) is 5.32 Å². The van der Waals surface area contributed by atoms with Crippen molar-refractivity contribution in [1.29, 1.82) is 5.26 Å². The van der Waals surface area contributed by atoms with Crippen molar-refractivity contribution in [2.24, 2.45) is 0 Å². The first-order chi connectivity index (χ1) is 14.1. The summed E-state index contributed by atoms with van der Waals surface area (Å²) in [5.74, 6) is 0.572. The Morgan fingerprint density at radius 2 is 1.97 bits per heavy atom. The monoisotopic (exact) mass is 426 g/mol. The van der Waals surface area contributed by atoms with E-state index in [1.54, 1.807) is 36.4 Å². The molecule has 0 radical (unpaired) electrons. The molecular weight excluding hydrogens is 411 g/mol. The Bertz CT molecular complexity index is 1070. The standard InChI is InChI=1S/C22H16Cl2N2O3/c23-19-6-2-1-4-16(19)14-29-21-8-7-15(11-20(21)24)10-17(12-25)22(27)26-13-18-5-3-9-28-18/h1-11H,13-14H2,(H,26,27). The van der Waals surface area contributed by atoms with E-state index < -0.39 is 5.91 Å². The van der Waals surface area contributed by atoms with Crippen molar-refractivity contribution in [3.8, 4) is 11.8 Å². The minimum Gasteiger partial charge on any atom is -0.487 e. The largest absolute Gasteiger partial charge is 0.487 e. The maximum atomic E-state index is 12.2. The third-order valence-electron chi connectivity index (χ3n) is 3.98. The van der Waals surface area contributed by atoms with E-state index in [0.29, 0.717) is 27.1 Å². The highest BCUT2D eigenvalue weighted by Gasteiger charge is 2.11. The minimum atomic E-state index is -0.501. The van der Waals surface area contributed by atoms with Gasteiger partial charge in [-0.2, -0.15) is 5.26 Å². The van der Waals surface area contributed by atoms with Gasteiger partial charge in [0.1, 0.15) is 29.8 Å². The molecule has 146 valence electrons. The Kier molecular flexibility index (Phi) is 6.96. The number of carbonyl (C=O) groups is 1. The minimum absolute atomic E-state index is 0.0441. The lowest BCUT2D eigenvalue weighted by Gasteiger charge is -2.10. The predicted octanol–water partition coefficient (Wildman–Crippen LogP) is 5.39. The Morgan fingerprint density at radius 1 is 1.14 bits per heavy atom. The van der Waals surface area contributed by atoms with E-state index in [4.69, 9.17) is 32.4 Å². The van der Waals surface area contributed by atoms with Crippen molar-refractivity contribution in [3.05, 3.63) is 93.4 Å². The fourth-order valence-corrected chi connectivity index (χ4v) is 2.92. The van der Waals surface area contributed by atoms with E-state index in [9.17, 15) is 10.1 Å². The molecule has 0 bridgehead atoms. The van der Waals surface area contributed by atoms with Gasteiger partial charge in [-0.3, -0.25) is 4.79 Å². The lowest BCUT2D eigenvalue weighted by molar-refractivity contribution is -0.117. The van der Waals surface area contributed by atoms with Crippen molar-refractivity contribution in [2.75, 3.05) is 0 Å². The summed E-state index contributed by atoms with van der Waals surface area (Å²) in [5.41, 5.74) is 1.40. The maximum Gasteiger partial charge on any atom is 0.262 e. The van der Waals surface area contributed by atoms with Crippen LogP contribution in [0.3, 0.4) is 0 Å². The Hall–Kier alpha value is -3.20. The molecule has 0 saturated carbocycles. The van der Waals surface area contributed by atoms with Gasteiger partial charge in [-0.05, 0) is 42.0 Å². The quantitative estimate of drug-likeness (QED) is 0.405. The third kappa shape index (κ3) is 5.64. The predicted molar refractivity (Wildman–Crippen MR) is 111 cm³/mol. The van der Waals surface area contributed by atoms with Crippen LogP contribution in [0.2, 0.25) is 10.0 Å². The lowest BCUT2D eigenvalue weighted by atomic mass is 10.1. The van der Waals surface area contributed by atoms with Crippen LogP contribution in [0.1, 0.15) is 16.9 Å². The Balaban J connectivity index is 1.66. The van der Waals surface area contributed by atoms with E-state index >= 15 is 0 Å². The summed E-state index contributed by atoms with van der Waals surface area (Å²) in [4.78, 5) is 12.2. The number of nitrogens with one attached hydrogen (secondary N) is 1. The SMILES string of the molecule is N#CC(=Cc1ccc(OCc2ccccc2Cl)c(Cl)c1)C(=O)NCc1ccco1. The number of rotatable bonds is 7. The maximum absolute atomic E-state index is 12.2. The zero-order valence-electron chi connectivity index (χ0n) is 15.2. The normalized spacial score (nSPS) is 11.0. The average molecular weight is 427 g/mol. The average Bonchev–Trinajstić information content (AvgIpc) is 3.24. The van der Waals surface area contributed by atoms with Gasteiger partial charge in [0.15, 0.2) is 0 Å². The van der Waals surface area contributed by atoms with Gasteiger partial charge < -0.3 is 14.5 Å². The van der Waals surface area contributed by atoms with E-state index in [1.165, 1.54) is 12.3 Å². The molecule has 0 aliphatic rings. The zero-order valence-corrected chi connectivity index (χ0v) is 16.7. The van der Waals surface area contributed by atoms with Crippen molar-refractivity contribution in [2.45, 2.75) is 13.2 Å². The van der Waals surface area contributed by atoms with E-state index in [1.807, 2.05) is 24.3 Å². The number of nitriles is 1. The first-order valence-electron chi connectivity index (χ1n) is 8.65. The fraction of sp³-hybridized carbons (Fsp3) is 0.0909. The van der Waals surface area contributed by atoms with Gasteiger partial charge in [0.2, 0.25) is 0 Å². The molecule has 1 amide bonds. The summed E-state index contributed by atoms with van der Waals surface area (Å²) in [6.07, 6.45) is 2.97. The second kappa shape index (κ2) is 9.83. The first kappa shape index (κ1) is 20.5. The summed E-state index contributed by atoms with van der Waals surface area (Å²) in [6, 6.07) is 17.7. The fourth-order valence-electron chi connectivity index (χ4n) is 2.49. The zero-order chi connectivity index (χ0) is 20.6. The molecule has 29 heavy (non-hydrogen) atoms. The first-order valence-corrected chi connectivity index (χ1v) is 9.40. The summed E-state index contributed by atoms with van der Waals surface area (Å²) >= 11 is 12.4. The molecule has 0 saturated heterocycles. The summed E-state index contributed by atoms with van der Waals surface area (Å²) in [6.45, 7) is 0.466. The van der Waals surface area contributed by atoms with Gasteiger partial charge in [0.25, 0.3) is 5.91 Å². The molecule has 1 N–H and O–H groups in total. The molecular formula is C22H16Cl2N2O3. The summed E-state index contributed by atoms with van der Waals surface area (Å²) in [7, 11) is 0. The van der Waals surface area contributed by atoms with Crippen LogP contribution in [-0.2, 0) is 17.9 Å². The highest BCUT2D eigenvalue weighted by atomic mass is 35.5. The summed E-state index contributed by atoms with van der Waals surface area (Å²) in [5, 5.41) is 12.9. The number of hydrogen-bond acceptors (Lipinski definition) is 4. The molecule has 0 aliphatic heterocycles. The van der Waals surface area contributed by atoms with Crippen LogP contribution in [0, 0.1) is 11.3 Å². The molecule has 2 aromatic carbocycles. The Labute approximate surface area is 178 Å². The Morgan fingerprint density at radius 3 is 2.66 bits per heavy atom. The van der Waals surface area contributed by atoms with Gasteiger partial charge in [-0.25, -0.2) is 0 Å². The van der Waals surface area contributed by atoms with E-state index in [0.717, 1.165) is 5.56 Å². The van der Waals surface area contributed by atoms with Gasteiger partial charge >= 0.3 is 0 Å². The van der Waals surface area contributed by atoms with Gasteiger partial charge in [-0.1, -0.05) is 47.5 Å². The number of ether oxygens (including phenoxy) is 1. The van der Waals surface area contributed by atoms with Gasteiger partial charge in [0.05, 0.1) is 17.8 Å². The van der Waals surface area contributed by atoms with Crippen LogP contribution in [0.25, 0.3) is 6.08 Å². The number of furan rings is 1. The molecule has 0 spiro atoms. The number of amides is 1. The smallest absolute Gasteiger partial charge is 0.262 e. The van der Waals surface area contributed by atoms with Gasteiger partial charge in [0, 0.05) is 10.6 Å². The molecule has 7 heteroatoms. The highest BCUT2D eigenvalue weighted by Crippen LogP contribution is 2.28.